The van der Waals surface area contributed by atoms with Crippen LogP contribution in [0.15, 0.2) is 42.5 Å². The van der Waals surface area contributed by atoms with Crippen molar-refractivity contribution in [2.24, 2.45) is 0 Å². The second kappa shape index (κ2) is 5.81. The fraction of sp³-hybridized carbons (Fsp3) is 0.200. The van der Waals surface area contributed by atoms with E-state index in [-0.39, 0.29) is 17.5 Å². The van der Waals surface area contributed by atoms with Crippen LogP contribution >= 0.6 is 0 Å². The van der Waals surface area contributed by atoms with Crippen molar-refractivity contribution in [1.29, 1.82) is 0 Å². The van der Waals surface area contributed by atoms with E-state index in [1.807, 2.05) is 0 Å². The van der Waals surface area contributed by atoms with Gasteiger partial charge in [-0.25, -0.2) is 8.78 Å². The van der Waals surface area contributed by atoms with E-state index in [1.54, 1.807) is 0 Å². The maximum absolute atomic E-state index is 13.5. The summed E-state index contributed by atoms with van der Waals surface area (Å²) in [5, 5.41) is 9.95. The van der Waals surface area contributed by atoms with Crippen LogP contribution < -0.4 is 0 Å². The van der Waals surface area contributed by atoms with Gasteiger partial charge in [0.15, 0.2) is 0 Å². The maximum Gasteiger partial charge on any atom is 0.416 e. The zero-order valence-corrected chi connectivity index (χ0v) is 10.7. The Labute approximate surface area is 117 Å². The van der Waals surface area contributed by atoms with Gasteiger partial charge in [0.05, 0.1) is 11.7 Å². The van der Waals surface area contributed by atoms with Gasteiger partial charge >= 0.3 is 6.18 Å². The molecule has 2 rings (SSSR count). The summed E-state index contributed by atoms with van der Waals surface area (Å²) in [5.41, 5.74) is -1.37. The van der Waals surface area contributed by atoms with Gasteiger partial charge in [0, 0.05) is 12.5 Å². The molecule has 0 aromatic heterocycles. The number of benzene rings is 2. The molecule has 21 heavy (non-hydrogen) atoms. The Morgan fingerprint density at radius 3 is 2.29 bits per heavy atom. The monoisotopic (exact) mass is 302 g/mol. The van der Waals surface area contributed by atoms with E-state index in [0.717, 1.165) is 24.3 Å². The molecule has 0 aliphatic carbocycles. The average Bonchev–Trinajstić information content (AvgIpc) is 2.41. The lowest BCUT2D eigenvalue weighted by molar-refractivity contribution is -0.139. The summed E-state index contributed by atoms with van der Waals surface area (Å²) in [4.78, 5) is 0. The highest BCUT2D eigenvalue weighted by Crippen LogP contribution is 2.35. The molecule has 0 radical (unpaired) electrons. The zero-order chi connectivity index (χ0) is 15.6. The topological polar surface area (TPSA) is 20.2 Å². The third-order valence-electron chi connectivity index (χ3n) is 3.05. The second-order valence-electron chi connectivity index (χ2n) is 4.54. The van der Waals surface area contributed by atoms with Gasteiger partial charge in [0.25, 0.3) is 0 Å². The highest BCUT2D eigenvalue weighted by atomic mass is 19.4. The van der Waals surface area contributed by atoms with Crippen LogP contribution in [-0.4, -0.2) is 5.11 Å². The summed E-state index contributed by atoms with van der Waals surface area (Å²) in [6.45, 7) is 0. The first kappa shape index (κ1) is 15.4. The molecule has 1 atom stereocenters. The fourth-order valence-electron chi connectivity index (χ4n) is 2.05. The van der Waals surface area contributed by atoms with Gasteiger partial charge in [-0.3, -0.25) is 0 Å². The number of hydrogen-bond donors (Lipinski definition) is 1. The van der Waals surface area contributed by atoms with Crippen molar-refractivity contribution >= 4 is 0 Å². The average molecular weight is 302 g/mol. The molecule has 0 saturated carbocycles. The van der Waals surface area contributed by atoms with Crippen LogP contribution in [0.4, 0.5) is 22.0 Å². The molecule has 1 N–H and O–H groups in total. The van der Waals surface area contributed by atoms with Crippen LogP contribution in [0.25, 0.3) is 0 Å². The first-order chi connectivity index (χ1) is 9.79. The van der Waals surface area contributed by atoms with Gasteiger partial charge in [-0.15, -0.1) is 0 Å². The van der Waals surface area contributed by atoms with Gasteiger partial charge in [-0.05, 0) is 23.3 Å². The highest BCUT2D eigenvalue weighted by molar-refractivity contribution is 5.33. The van der Waals surface area contributed by atoms with E-state index in [4.69, 9.17) is 0 Å². The summed E-state index contributed by atoms with van der Waals surface area (Å²) in [5.74, 6) is -1.69. The van der Waals surface area contributed by atoms with Gasteiger partial charge in [-0.2, -0.15) is 13.2 Å². The largest absolute Gasteiger partial charge is 0.416 e. The molecule has 0 amide bonds. The molecule has 112 valence electrons. The van der Waals surface area contributed by atoms with Crippen LogP contribution in [0.3, 0.4) is 0 Å². The summed E-state index contributed by atoms with van der Waals surface area (Å²) in [7, 11) is 0. The summed E-state index contributed by atoms with van der Waals surface area (Å²) >= 11 is 0. The van der Waals surface area contributed by atoms with E-state index < -0.39 is 29.5 Å². The first-order valence-corrected chi connectivity index (χ1v) is 6.07. The minimum atomic E-state index is -4.61. The van der Waals surface area contributed by atoms with Crippen LogP contribution in [0.5, 0.6) is 0 Å². The maximum atomic E-state index is 13.5. The minimum absolute atomic E-state index is 0.0547. The number of alkyl halides is 3. The lowest BCUT2D eigenvalue weighted by Crippen LogP contribution is -2.13. The third kappa shape index (κ3) is 3.58. The van der Waals surface area contributed by atoms with E-state index in [1.165, 1.54) is 12.1 Å². The van der Waals surface area contributed by atoms with Crippen LogP contribution in [-0.2, 0) is 12.6 Å². The number of aliphatic hydroxyl groups excluding tert-OH is 1. The predicted molar refractivity (Wildman–Crippen MR) is 66.5 cm³/mol. The standard InChI is InChI=1S/C15H11F5O/c16-10-6-5-9(13(17)8-10)7-14(21)11-3-1-2-4-12(11)15(18,19)20/h1-6,8,14,21H,7H2. The van der Waals surface area contributed by atoms with E-state index in [0.29, 0.717) is 6.07 Å². The van der Waals surface area contributed by atoms with Crippen molar-refractivity contribution in [2.75, 3.05) is 0 Å². The molecule has 0 aliphatic rings. The zero-order valence-electron chi connectivity index (χ0n) is 10.7. The number of hydrogen-bond acceptors (Lipinski definition) is 1. The minimum Gasteiger partial charge on any atom is -0.388 e. The molecule has 0 spiro atoms. The molecule has 0 bridgehead atoms. The lowest BCUT2D eigenvalue weighted by Gasteiger charge is -2.17. The molecule has 2 aromatic carbocycles. The van der Waals surface area contributed by atoms with Crippen LogP contribution in [0, 0.1) is 11.6 Å². The van der Waals surface area contributed by atoms with Crippen molar-refractivity contribution < 1.29 is 27.1 Å². The van der Waals surface area contributed by atoms with E-state index >= 15 is 0 Å². The van der Waals surface area contributed by atoms with Gasteiger partial charge in [0.1, 0.15) is 11.6 Å². The molecule has 2 aromatic rings. The molecule has 0 aliphatic heterocycles. The normalized spacial score (nSPS) is 13.2. The molecule has 1 unspecified atom stereocenters. The smallest absolute Gasteiger partial charge is 0.388 e. The highest BCUT2D eigenvalue weighted by Gasteiger charge is 2.34. The Morgan fingerprint density at radius 1 is 1.00 bits per heavy atom. The number of rotatable bonds is 3. The Hall–Kier alpha value is -1.95. The van der Waals surface area contributed by atoms with Crippen molar-refractivity contribution in [3.05, 3.63) is 70.8 Å². The molecule has 0 heterocycles. The van der Waals surface area contributed by atoms with Gasteiger partial charge in [-0.1, -0.05) is 24.3 Å². The van der Waals surface area contributed by atoms with Crippen molar-refractivity contribution in [2.45, 2.75) is 18.7 Å². The van der Waals surface area contributed by atoms with Gasteiger partial charge < -0.3 is 5.11 Å². The summed E-state index contributed by atoms with van der Waals surface area (Å²) < 4.78 is 64.8. The first-order valence-electron chi connectivity index (χ1n) is 6.07. The van der Waals surface area contributed by atoms with Crippen molar-refractivity contribution in [3.63, 3.8) is 0 Å². The lowest BCUT2D eigenvalue weighted by atomic mass is 9.96. The second-order valence-corrected chi connectivity index (χ2v) is 4.54. The van der Waals surface area contributed by atoms with E-state index in [2.05, 4.69) is 0 Å². The Bertz CT molecular complexity index is 636. The van der Waals surface area contributed by atoms with Crippen LogP contribution in [0.2, 0.25) is 0 Å². The molecule has 6 heteroatoms. The fourth-order valence-corrected chi connectivity index (χ4v) is 2.05. The summed E-state index contributed by atoms with van der Waals surface area (Å²) in [6, 6.07) is 7.25. The molecular weight excluding hydrogens is 291 g/mol. The number of halogens is 5. The van der Waals surface area contributed by atoms with Crippen molar-refractivity contribution in [1.82, 2.24) is 0 Å². The molecule has 0 saturated heterocycles. The third-order valence-corrected chi connectivity index (χ3v) is 3.05. The summed E-state index contributed by atoms with van der Waals surface area (Å²) in [6.07, 6.45) is -6.53. The Morgan fingerprint density at radius 2 is 1.67 bits per heavy atom. The number of aliphatic hydroxyl groups is 1. The molecule has 1 nitrogen and oxygen atoms in total. The van der Waals surface area contributed by atoms with Crippen LogP contribution in [0.1, 0.15) is 22.8 Å². The van der Waals surface area contributed by atoms with E-state index in [9.17, 15) is 27.1 Å². The molecule has 0 fully saturated rings. The Kier molecular flexibility index (Phi) is 4.27. The SMILES string of the molecule is OC(Cc1ccc(F)cc1F)c1ccccc1C(F)(F)F. The predicted octanol–water partition coefficient (Wildman–Crippen LogP) is 4.26. The van der Waals surface area contributed by atoms with Crippen molar-refractivity contribution in [3.8, 4) is 0 Å². The quantitative estimate of drug-likeness (QED) is 0.840. The van der Waals surface area contributed by atoms with Gasteiger partial charge in [0.2, 0.25) is 0 Å². The molecular formula is C15H11F5O. The Balaban J connectivity index is 2.31.